The van der Waals surface area contributed by atoms with Crippen molar-refractivity contribution in [3.05, 3.63) is 58.0 Å². The fourth-order valence-corrected chi connectivity index (χ4v) is 3.28. The van der Waals surface area contributed by atoms with E-state index in [1.807, 2.05) is 12.1 Å². The van der Waals surface area contributed by atoms with Gasteiger partial charge in [0.15, 0.2) is 5.75 Å². The number of nitrogens with zero attached hydrogens (tertiary/aromatic N) is 1. The highest BCUT2D eigenvalue weighted by Crippen LogP contribution is 2.23. The average molecular weight is 328 g/mol. The maximum Gasteiger partial charge on any atom is 0.223 e. The third-order valence-corrected chi connectivity index (χ3v) is 4.74. The van der Waals surface area contributed by atoms with Crippen LogP contribution < -0.4 is 10.2 Å². The van der Waals surface area contributed by atoms with Crippen LogP contribution in [0.4, 0.5) is 0 Å². The molecule has 0 aliphatic carbocycles. The van der Waals surface area contributed by atoms with Crippen molar-refractivity contribution in [2.75, 3.05) is 20.2 Å². The van der Waals surface area contributed by atoms with Gasteiger partial charge < -0.3 is 14.8 Å². The Hall–Kier alpha value is -2.27. The molecular formula is C19H24N2O3. The highest BCUT2D eigenvalue weighted by atomic mass is 16.5. The summed E-state index contributed by atoms with van der Waals surface area (Å²) in [6.45, 7) is 2.79. The fraction of sp³-hybridized carbons (Fsp3) is 0.421. The van der Waals surface area contributed by atoms with Gasteiger partial charge in [-0.1, -0.05) is 12.1 Å². The number of aromatic amines is 1. The molecule has 0 atom stereocenters. The van der Waals surface area contributed by atoms with Gasteiger partial charge in [-0.05, 0) is 56.0 Å². The molecule has 24 heavy (non-hydrogen) atoms. The summed E-state index contributed by atoms with van der Waals surface area (Å²) < 4.78 is 5.20. The number of methoxy groups -OCH3 is 1. The van der Waals surface area contributed by atoms with Crippen LogP contribution in [0, 0.1) is 5.92 Å². The number of aromatic nitrogens is 1. The van der Waals surface area contributed by atoms with Gasteiger partial charge in [0, 0.05) is 24.5 Å². The lowest BCUT2D eigenvalue weighted by Gasteiger charge is -2.32. The Balaban J connectivity index is 1.49. The van der Waals surface area contributed by atoms with Crippen LogP contribution in [-0.4, -0.2) is 35.2 Å². The normalized spacial score (nSPS) is 16.2. The summed E-state index contributed by atoms with van der Waals surface area (Å²) in [6.07, 6.45) is 4.80. The van der Waals surface area contributed by atoms with E-state index >= 15 is 0 Å². The van der Waals surface area contributed by atoms with Gasteiger partial charge in [-0.15, -0.1) is 0 Å². The van der Waals surface area contributed by atoms with Crippen molar-refractivity contribution in [3.63, 3.8) is 0 Å². The van der Waals surface area contributed by atoms with Gasteiger partial charge in [-0.25, -0.2) is 0 Å². The maximum absolute atomic E-state index is 11.5. The second-order valence-corrected chi connectivity index (χ2v) is 6.48. The monoisotopic (exact) mass is 328 g/mol. The Labute approximate surface area is 141 Å². The zero-order valence-electron chi connectivity index (χ0n) is 14.0. The Morgan fingerprint density at radius 2 is 1.96 bits per heavy atom. The summed E-state index contributed by atoms with van der Waals surface area (Å²) in [7, 11) is 1.69. The number of hydrogen-bond donors (Lipinski definition) is 2. The minimum atomic E-state index is -0.321. The summed E-state index contributed by atoms with van der Waals surface area (Å²) in [5.74, 6) is 1.38. The molecule has 0 amide bonds. The topological polar surface area (TPSA) is 65.6 Å². The third-order valence-electron chi connectivity index (χ3n) is 4.74. The molecule has 0 spiro atoms. The molecule has 0 unspecified atom stereocenters. The number of piperidine rings is 1. The first-order valence-electron chi connectivity index (χ1n) is 8.40. The second-order valence-electron chi connectivity index (χ2n) is 6.48. The predicted octanol–water partition coefficient (Wildman–Crippen LogP) is 2.54. The van der Waals surface area contributed by atoms with Crippen molar-refractivity contribution in [1.29, 1.82) is 0 Å². The van der Waals surface area contributed by atoms with Crippen LogP contribution in [0.25, 0.3) is 0 Å². The first kappa shape index (κ1) is 16.6. The number of benzene rings is 1. The minimum Gasteiger partial charge on any atom is -0.503 e. The third kappa shape index (κ3) is 4.17. The van der Waals surface area contributed by atoms with E-state index in [1.165, 1.54) is 17.8 Å². The Morgan fingerprint density at radius 3 is 2.58 bits per heavy atom. The van der Waals surface area contributed by atoms with Gasteiger partial charge in [0.25, 0.3) is 0 Å². The second kappa shape index (κ2) is 7.53. The van der Waals surface area contributed by atoms with E-state index in [2.05, 4.69) is 22.0 Å². The molecule has 128 valence electrons. The minimum absolute atomic E-state index is 0.225. The predicted molar refractivity (Wildman–Crippen MR) is 93.4 cm³/mol. The zero-order valence-corrected chi connectivity index (χ0v) is 14.0. The van der Waals surface area contributed by atoms with E-state index in [0.29, 0.717) is 5.92 Å². The Kier molecular flexibility index (Phi) is 5.20. The van der Waals surface area contributed by atoms with Crippen molar-refractivity contribution in [2.24, 2.45) is 5.92 Å². The van der Waals surface area contributed by atoms with Gasteiger partial charge in [0.2, 0.25) is 5.43 Å². The van der Waals surface area contributed by atoms with Crippen molar-refractivity contribution in [2.45, 2.75) is 25.8 Å². The Bertz CT molecular complexity index is 716. The molecule has 1 aromatic heterocycles. The van der Waals surface area contributed by atoms with E-state index in [-0.39, 0.29) is 11.2 Å². The van der Waals surface area contributed by atoms with Crippen LogP contribution in [0.5, 0.6) is 11.5 Å². The molecule has 0 saturated carbocycles. The summed E-state index contributed by atoms with van der Waals surface area (Å²) in [5, 5.41) is 9.29. The molecule has 1 saturated heterocycles. The van der Waals surface area contributed by atoms with Crippen LogP contribution >= 0.6 is 0 Å². The molecule has 1 aliphatic heterocycles. The molecule has 1 aliphatic rings. The van der Waals surface area contributed by atoms with Gasteiger partial charge in [-0.3, -0.25) is 9.69 Å². The van der Waals surface area contributed by atoms with Crippen molar-refractivity contribution >= 4 is 0 Å². The molecular weight excluding hydrogens is 304 g/mol. The van der Waals surface area contributed by atoms with Crippen molar-refractivity contribution < 1.29 is 9.84 Å². The molecule has 5 nitrogen and oxygen atoms in total. The van der Waals surface area contributed by atoms with Crippen LogP contribution in [-0.2, 0) is 13.0 Å². The maximum atomic E-state index is 11.5. The number of hydrogen-bond acceptors (Lipinski definition) is 4. The largest absolute Gasteiger partial charge is 0.503 e. The first-order chi connectivity index (χ1) is 11.6. The fourth-order valence-electron chi connectivity index (χ4n) is 3.28. The lowest BCUT2D eigenvalue weighted by atomic mass is 9.90. The summed E-state index contributed by atoms with van der Waals surface area (Å²) in [6, 6.07) is 9.81. The van der Waals surface area contributed by atoms with Crippen LogP contribution in [0.2, 0.25) is 0 Å². The molecule has 1 aromatic carbocycles. The summed E-state index contributed by atoms with van der Waals surface area (Å²) in [4.78, 5) is 16.8. The number of nitrogens with one attached hydrogen (secondary N) is 1. The van der Waals surface area contributed by atoms with E-state index in [1.54, 1.807) is 7.11 Å². The molecule has 0 bridgehead atoms. The van der Waals surface area contributed by atoms with Gasteiger partial charge in [0.05, 0.1) is 7.11 Å². The quantitative estimate of drug-likeness (QED) is 0.885. The summed E-state index contributed by atoms with van der Waals surface area (Å²) >= 11 is 0. The number of H-pyrrole nitrogens is 1. The molecule has 2 aromatic rings. The standard InChI is InChI=1S/C19H24N2O3/c1-24-17-4-2-14(3-5-17)10-15-6-8-21(9-7-15)13-16-11-18(22)19(23)12-20-16/h2-5,11-12,15,23H,6-10,13H2,1H3,(H,20,22). The van der Waals surface area contributed by atoms with Gasteiger partial charge >= 0.3 is 0 Å². The number of rotatable bonds is 5. The zero-order chi connectivity index (χ0) is 16.9. The van der Waals surface area contributed by atoms with E-state index in [4.69, 9.17) is 4.74 Å². The van der Waals surface area contributed by atoms with Crippen LogP contribution in [0.15, 0.2) is 41.3 Å². The van der Waals surface area contributed by atoms with E-state index in [0.717, 1.165) is 50.3 Å². The number of pyridine rings is 1. The van der Waals surface area contributed by atoms with E-state index in [9.17, 15) is 9.90 Å². The SMILES string of the molecule is COc1ccc(CC2CCN(Cc3cc(=O)c(O)c[nH]3)CC2)cc1. The van der Waals surface area contributed by atoms with Crippen molar-refractivity contribution in [3.8, 4) is 11.5 Å². The average Bonchev–Trinajstić information content (AvgIpc) is 2.61. The highest BCUT2D eigenvalue weighted by Gasteiger charge is 2.20. The van der Waals surface area contributed by atoms with Crippen LogP contribution in [0.1, 0.15) is 24.1 Å². The number of aromatic hydroxyl groups is 1. The molecule has 2 heterocycles. The van der Waals surface area contributed by atoms with Crippen LogP contribution in [0.3, 0.4) is 0 Å². The van der Waals surface area contributed by atoms with E-state index < -0.39 is 0 Å². The molecule has 0 radical (unpaired) electrons. The number of likely N-dealkylation sites (tertiary alicyclic amines) is 1. The lowest BCUT2D eigenvalue weighted by Crippen LogP contribution is -2.34. The smallest absolute Gasteiger partial charge is 0.223 e. The van der Waals surface area contributed by atoms with Gasteiger partial charge in [-0.2, -0.15) is 0 Å². The molecule has 1 fully saturated rings. The Morgan fingerprint density at radius 1 is 1.25 bits per heavy atom. The molecule has 2 N–H and O–H groups in total. The van der Waals surface area contributed by atoms with Crippen molar-refractivity contribution in [1.82, 2.24) is 9.88 Å². The first-order valence-corrected chi connectivity index (χ1v) is 8.40. The highest BCUT2D eigenvalue weighted by molar-refractivity contribution is 5.27. The number of ether oxygens (including phenoxy) is 1. The summed E-state index contributed by atoms with van der Waals surface area (Å²) in [5.41, 5.74) is 1.89. The lowest BCUT2D eigenvalue weighted by molar-refractivity contribution is 0.175. The molecule has 3 rings (SSSR count). The van der Waals surface area contributed by atoms with Gasteiger partial charge in [0.1, 0.15) is 5.75 Å². The molecule has 5 heteroatoms.